The number of rotatable bonds is 5. The Labute approximate surface area is 101 Å². The molecule has 16 heavy (non-hydrogen) atoms. The summed E-state index contributed by atoms with van der Waals surface area (Å²) in [6, 6.07) is 0. The summed E-state index contributed by atoms with van der Waals surface area (Å²) < 4.78 is 4.85. The molecule has 0 radical (unpaired) electrons. The largest absolute Gasteiger partial charge is 0.468 e. The third-order valence-corrected chi connectivity index (χ3v) is 5.32. The predicted octanol–water partition coefficient (Wildman–Crippen LogP) is 1.94. The Bertz CT molecular complexity index is 262. The zero-order valence-electron chi connectivity index (χ0n) is 9.91. The van der Waals surface area contributed by atoms with Crippen molar-refractivity contribution in [1.82, 2.24) is 0 Å². The number of methoxy groups -OCH3 is 1. The lowest BCUT2D eigenvalue weighted by Crippen LogP contribution is -2.53. The Hall–Kier alpha value is -0.220. The molecule has 2 aliphatic rings. The molecular weight excluding hydrogens is 222 g/mol. The fraction of sp³-hybridized carbons (Fsp3) is 0.917. The number of hydrogen-bond acceptors (Lipinski definition) is 4. The van der Waals surface area contributed by atoms with E-state index in [0.29, 0.717) is 11.2 Å². The van der Waals surface area contributed by atoms with E-state index in [1.807, 2.05) is 11.8 Å². The average Bonchev–Trinajstić information content (AvgIpc) is 3.03. The maximum atomic E-state index is 11.8. The molecule has 0 spiro atoms. The second-order valence-electron chi connectivity index (χ2n) is 5.02. The molecule has 0 aromatic heterocycles. The molecule has 2 fully saturated rings. The molecule has 0 aromatic rings. The lowest BCUT2D eigenvalue weighted by atomic mass is 9.97. The number of thioether (sulfide) groups is 1. The summed E-state index contributed by atoms with van der Waals surface area (Å²) >= 11 is 1.88. The Morgan fingerprint density at radius 3 is 2.50 bits per heavy atom. The van der Waals surface area contributed by atoms with Gasteiger partial charge in [-0.05, 0) is 31.6 Å². The number of esters is 1. The molecule has 0 aromatic carbocycles. The first kappa shape index (κ1) is 12.2. The van der Waals surface area contributed by atoms with Crippen molar-refractivity contribution in [3.05, 3.63) is 0 Å². The first-order valence-electron chi connectivity index (χ1n) is 6.15. The highest BCUT2D eigenvalue weighted by Crippen LogP contribution is 2.42. The summed E-state index contributed by atoms with van der Waals surface area (Å²) in [6.45, 7) is 0. The molecular formula is C12H21NO2S. The quantitative estimate of drug-likeness (QED) is 0.750. The second-order valence-corrected chi connectivity index (χ2v) is 6.31. The summed E-state index contributed by atoms with van der Waals surface area (Å²) in [5.74, 6) is 0.865. The van der Waals surface area contributed by atoms with E-state index in [4.69, 9.17) is 10.5 Å². The van der Waals surface area contributed by atoms with Crippen molar-refractivity contribution in [2.75, 3.05) is 12.9 Å². The lowest BCUT2D eigenvalue weighted by Gasteiger charge is -2.27. The van der Waals surface area contributed by atoms with E-state index in [1.54, 1.807) is 0 Å². The molecule has 2 N–H and O–H groups in total. The van der Waals surface area contributed by atoms with Gasteiger partial charge in [0.2, 0.25) is 0 Å². The minimum absolute atomic E-state index is 0.222. The number of nitrogens with two attached hydrogens (primary N) is 1. The van der Waals surface area contributed by atoms with Gasteiger partial charge in [-0.25, -0.2) is 0 Å². The van der Waals surface area contributed by atoms with Crippen LogP contribution in [0, 0.1) is 5.92 Å². The molecule has 2 saturated carbocycles. The molecule has 0 bridgehead atoms. The van der Waals surface area contributed by atoms with Crippen molar-refractivity contribution < 1.29 is 9.53 Å². The molecule has 2 rings (SSSR count). The SMILES string of the molecule is COC(=O)C(N)(CSC1CCCC1)C1CC1. The molecule has 3 nitrogen and oxygen atoms in total. The standard InChI is InChI=1S/C12H21NO2S/c1-15-11(14)12(13,9-6-7-9)8-16-10-4-2-3-5-10/h9-10H,2-8,13H2,1H3. The highest BCUT2D eigenvalue weighted by Gasteiger charge is 2.49. The van der Waals surface area contributed by atoms with Crippen LogP contribution in [0.5, 0.6) is 0 Å². The van der Waals surface area contributed by atoms with E-state index in [1.165, 1.54) is 32.8 Å². The number of hydrogen-bond donors (Lipinski definition) is 1. The van der Waals surface area contributed by atoms with Gasteiger partial charge in [-0.3, -0.25) is 4.79 Å². The predicted molar refractivity (Wildman–Crippen MR) is 66.4 cm³/mol. The third-order valence-electron chi connectivity index (χ3n) is 3.73. The van der Waals surface area contributed by atoms with E-state index in [9.17, 15) is 4.79 Å². The summed E-state index contributed by atoms with van der Waals surface area (Å²) in [5.41, 5.74) is 5.52. The van der Waals surface area contributed by atoms with Gasteiger partial charge in [0.15, 0.2) is 0 Å². The van der Waals surface area contributed by atoms with Crippen molar-refractivity contribution >= 4 is 17.7 Å². The van der Waals surface area contributed by atoms with Crippen molar-refractivity contribution in [3.8, 4) is 0 Å². The molecule has 4 heteroatoms. The highest BCUT2D eigenvalue weighted by molar-refractivity contribution is 8.00. The van der Waals surface area contributed by atoms with Gasteiger partial charge in [0.05, 0.1) is 7.11 Å². The first-order chi connectivity index (χ1) is 7.66. The van der Waals surface area contributed by atoms with Crippen LogP contribution in [0.25, 0.3) is 0 Å². The van der Waals surface area contributed by atoms with Crippen LogP contribution >= 0.6 is 11.8 Å². The minimum atomic E-state index is -0.720. The minimum Gasteiger partial charge on any atom is -0.468 e. The number of carbonyl (C=O) groups excluding carboxylic acids is 1. The van der Waals surface area contributed by atoms with Crippen LogP contribution in [0.4, 0.5) is 0 Å². The van der Waals surface area contributed by atoms with Crippen LogP contribution in [0.1, 0.15) is 38.5 Å². The van der Waals surface area contributed by atoms with Crippen molar-refractivity contribution in [2.45, 2.75) is 49.3 Å². The highest BCUT2D eigenvalue weighted by atomic mass is 32.2. The normalized spacial score (nSPS) is 25.4. The number of carbonyl (C=O) groups is 1. The Kier molecular flexibility index (Phi) is 3.80. The smallest absolute Gasteiger partial charge is 0.326 e. The van der Waals surface area contributed by atoms with E-state index in [-0.39, 0.29) is 5.97 Å². The molecule has 1 unspecified atom stereocenters. The summed E-state index contributed by atoms with van der Waals surface area (Å²) in [6.07, 6.45) is 7.39. The van der Waals surface area contributed by atoms with Crippen LogP contribution in [-0.2, 0) is 9.53 Å². The van der Waals surface area contributed by atoms with Gasteiger partial charge in [-0.1, -0.05) is 12.8 Å². The summed E-state index contributed by atoms with van der Waals surface area (Å²) in [4.78, 5) is 11.8. The zero-order valence-corrected chi connectivity index (χ0v) is 10.7. The topological polar surface area (TPSA) is 52.3 Å². The van der Waals surface area contributed by atoms with Gasteiger partial charge in [0.1, 0.15) is 5.54 Å². The van der Waals surface area contributed by atoms with E-state index in [2.05, 4.69) is 0 Å². The van der Waals surface area contributed by atoms with E-state index in [0.717, 1.165) is 18.6 Å². The first-order valence-corrected chi connectivity index (χ1v) is 7.20. The van der Waals surface area contributed by atoms with Gasteiger partial charge in [0, 0.05) is 11.0 Å². The fourth-order valence-corrected chi connectivity index (χ4v) is 3.97. The molecule has 1 atom stereocenters. The van der Waals surface area contributed by atoms with Crippen LogP contribution in [0.2, 0.25) is 0 Å². The van der Waals surface area contributed by atoms with Crippen molar-refractivity contribution in [1.29, 1.82) is 0 Å². The molecule has 0 aliphatic heterocycles. The molecule has 92 valence electrons. The van der Waals surface area contributed by atoms with Crippen LogP contribution in [0.3, 0.4) is 0 Å². The van der Waals surface area contributed by atoms with Crippen molar-refractivity contribution in [2.24, 2.45) is 11.7 Å². The Morgan fingerprint density at radius 2 is 2.00 bits per heavy atom. The summed E-state index contributed by atoms with van der Waals surface area (Å²) in [7, 11) is 1.44. The van der Waals surface area contributed by atoms with Crippen LogP contribution < -0.4 is 5.73 Å². The third kappa shape index (κ3) is 2.54. The van der Waals surface area contributed by atoms with Crippen LogP contribution in [-0.4, -0.2) is 29.6 Å². The van der Waals surface area contributed by atoms with Crippen LogP contribution in [0.15, 0.2) is 0 Å². The number of ether oxygens (including phenoxy) is 1. The van der Waals surface area contributed by atoms with Gasteiger partial charge in [-0.2, -0.15) is 11.8 Å². The Balaban J connectivity index is 1.89. The second kappa shape index (κ2) is 4.96. The average molecular weight is 243 g/mol. The van der Waals surface area contributed by atoms with Crippen molar-refractivity contribution in [3.63, 3.8) is 0 Å². The molecule has 0 saturated heterocycles. The van der Waals surface area contributed by atoms with E-state index >= 15 is 0 Å². The Morgan fingerprint density at radius 1 is 1.38 bits per heavy atom. The van der Waals surface area contributed by atoms with Gasteiger partial charge < -0.3 is 10.5 Å². The maximum absolute atomic E-state index is 11.8. The monoisotopic (exact) mass is 243 g/mol. The molecule has 0 heterocycles. The lowest BCUT2D eigenvalue weighted by molar-refractivity contribution is -0.146. The van der Waals surface area contributed by atoms with Gasteiger partial charge in [0.25, 0.3) is 0 Å². The van der Waals surface area contributed by atoms with Gasteiger partial charge >= 0.3 is 5.97 Å². The fourth-order valence-electron chi connectivity index (χ4n) is 2.44. The molecule has 2 aliphatic carbocycles. The maximum Gasteiger partial charge on any atom is 0.326 e. The molecule has 0 amide bonds. The van der Waals surface area contributed by atoms with Gasteiger partial charge in [-0.15, -0.1) is 0 Å². The zero-order chi connectivity index (χ0) is 11.6. The summed E-state index contributed by atoms with van der Waals surface area (Å²) in [5, 5.41) is 0.714. The van der Waals surface area contributed by atoms with E-state index < -0.39 is 5.54 Å².